The summed E-state index contributed by atoms with van der Waals surface area (Å²) in [6, 6.07) is 7.08. The molecule has 1 nitrogen and oxygen atoms in total. The lowest BCUT2D eigenvalue weighted by Gasteiger charge is -2.20. The van der Waals surface area contributed by atoms with Crippen molar-refractivity contribution >= 4 is 15.9 Å². The largest absolute Gasteiger partial charge is 0.310 e. The number of halogens is 1. The molecule has 0 spiro atoms. The molecule has 2 heteroatoms. The summed E-state index contributed by atoms with van der Waals surface area (Å²) in [6.07, 6.45) is 10.9. The van der Waals surface area contributed by atoms with Gasteiger partial charge in [0.1, 0.15) is 0 Å². The Morgan fingerprint density at radius 1 is 1.00 bits per heavy atom. The number of nitrogens with one attached hydrogen (secondary N) is 1. The van der Waals surface area contributed by atoms with E-state index in [4.69, 9.17) is 0 Å². The van der Waals surface area contributed by atoms with Crippen molar-refractivity contribution in [2.45, 2.75) is 78.2 Å². The van der Waals surface area contributed by atoms with Crippen LogP contribution in [-0.2, 0) is 0 Å². The first-order chi connectivity index (χ1) is 10.2. The fourth-order valence-electron chi connectivity index (χ4n) is 2.86. The van der Waals surface area contributed by atoms with Crippen LogP contribution < -0.4 is 5.32 Å². The Labute approximate surface area is 140 Å². The Balaban J connectivity index is 2.41. The number of aryl methyl sites for hydroxylation is 1. The maximum Gasteiger partial charge on any atom is 0.0331 e. The summed E-state index contributed by atoms with van der Waals surface area (Å²) >= 11 is 3.76. The van der Waals surface area contributed by atoms with Gasteiger partial charge in [0.05, 0.1) is 0 Å². The maximum atomic E-state index is 3.76. The molecule has 0 fully saturated rings. The summed E-state index contributed by atoms with van der Waals surface area (Å²) in [5.74, 6) is 0. The molecule has 1 rings (SSSR count). The first-order valence-electron chi connectivity index (χ1n) is 8.69. The van der Waals surface area contributed by atoms with E-state index in [1.807, 2.05) is 0 Å². The lowest BCUT2D eigenvalue weighted by Crippen LogP contribution is -2.21. The highest BCUT2D eigenvalue weighted by atomic mass is 79.9. The molecule has 120 valence electrons. The second-order valence-corrected chi connectivity index (χ2v) is 6.79. The Hall–Kier alpha value is -0.340. The maximum absolute atomic E-state index is 3.76. The predicted octanol–water partition coefficient (Wildman–Crippen LogP) is 6.55. The number of rotatable bonds is 11. The highest BCUT2D eigenvalue weighted by Gasteiger charge is 2.13. The van der Waals surface area contributed by atoms with Crippen LogP contribution >= 0.6 is 15.9 Å². The van der Waals surface area contributed by atoms with Crippen LogP contribution in [0.25, 0.3) is 0 Å². The van der Waals surface area contributed by atoms with Gasteiger partial charge in [0.2, 0.25) is 0 Å². The molecule has 0 radical (unpaired) electrons. The summed E-state index contributed by atoms with van der Waals surface area (Å²) in [5, 5.41) is 3.65. The average Bonchev–Trinajstić information content (AvgIpc) is 2.48. The molecule has 0 bridgehead atoms. The monoisotopic (exact) mass is 353 g/mol. The molecule has 1 N–H and O–H groups in total. The molecule has 1 atom stereocenters. The van der Waals surface area contributed by atoms with Crippen LogP contribution in [0.1, 0.15) is 82.4 Å². The average molecular weight is 354 g/mol. The highest BCUT2D eigenvalue weighted by molar-refractivity contribution is 9.10. The molecule has 0 saturated heterocycles. The van der Waals surface area contributed by atoms with Gasteiger partial charge >= 0.3 is 0 Å². The molecule has 0 aliphatic carbocycles. The summed E-state index contributed by atoms with van der Waals surface area (Å²) in [7, 11) is 0. The molecule has 21 heavy (non-hydrogen) atoms. The number of hydrogen-bond acceptors (Lipinski definition) is 1. The van der Waals surface area contributed by atoms with Crippen molar-refractivity contribution < 1.29 is 0 Å². The van der Waals surface area contributed by atoms with Crippen molar-refractivity contribution in [1.29, 1.82) is 0 Å². The smallest absolute Gasteiger partial charge is 0.0331 e. The normalized spacial score (nSPS) is 12.6. The Bertz CT molecular complexity index is 389. The summed E-state index contributed by atoms with van der Waals surface area (Å²) in [5.41, 5.74) is 2.75. The fourth-order valence-corrected chi connectivity index (χ4v) is 3.40. The van der Waals surface area contributed by atoms with Gasteiger partial charge in [-0.25, -0.2) is 0 Å². The number of unbranched alkanes of at least 4 members (excludes halogenated alkanes) is 6. The van der Waals surface area contributed by atoms with Gasteiger partial charge in [-0.15, -0.1) is 0 Å². The van der Waals surface area contributed by atoms with Gasteiger partial charge in [-0.05, 0) is 31.0 Å². The van der Waals surface area contributed by atoms with E-state index in [1.165, 1.54) is 67.0 Å². The van der Waals surface area contributed by atoms with E-state index < -0.39 is 0 Å². The molecular weight excluding hydrogens is 322 g/mol. The summed E-state index contributed by atoms with van der Waals surface area (Å²) in [6.45, 7) is 7.67. The number of hydrogen-bond donors (Lipinski definition) is 1. The van der Waals surface area contributed by atoms with Crippen molar-refractivity contribution in [2.75, 3.05) is 6.54 Å². The first kappa shape index (κ1) is 18.7. The molecular formula is C19H32BrN. The van der Waals surface area contributed by atoms with E-state index in [-0.39, 0.29) is 0 Å². The molecule has 1 aromatic carbocycles. The zero-order valence-electron chi connectivity index (χ0n) is 14.1. The van der Waals surface area contributed by atoms with Gasteiger partial charge in [-0.1, -0.05) is 92.9 Å². The second-order valence-electron chi connectivity index (χ2n) is 6.00. The van der Waals surface area contributed by atoms with Crippen LogP contribution in [0.3, 0.4) is 0 Å². The fraction of sp³-hybridized carbons (Fsp3) is 0.684. The van der Waals surface area contributed by atoms with Crippen LogP contribution in [0.2, 0.25) is 0 Å². The van der Waals surface area contributed by atoms with Crippen LogP contribution in [0.5, 0.6) is 0 Å². The standard InChI is InChI=1S/C19H32BrN/c1-4-6-7-8-9-10-11-15-18(21-5-2)17-14-12-13-16(3)19(17)20/h12-14,18,21H,4-11,15H2,1-3H3. The van der Waals surface area contributed by atoms with Gasteiger partial charge in [0, 0.05) is 10.5 Å². The lowest BCUT2D eigenvalue weighted by atomic mass is 9.98. The topological polar surface area (TPSA) is 12.0 Å². The van der Waals surface area contributed by atoms with Gasteiger partial charge < -0.3 is 5.32 Å². The molecule has 0 aliphatic heterocycles. The van der Waals surface area contributed by atoms with Crippen LogP contribution in [0.15, 0.2) is 22.7 Å². The third-order valence-electron chi connectivity index (χ3n) is 4.14. The van der Waals surface area contributed by atoms with Crippen LogP contribution in [-0.4, -0.2) is 6.54 Å². The molecule has 1 aromatic rings. The quantitative estimate of drug-likeness (QED) is 0.444. The molecule has 0 heterocycles. The lowest BCUT2D eigenvalue weighted by molar-refractivity contribution is 0.474. The van der Waals surface area contributed by atoms with E-state index in [0.29, 0.717) is 6.04 Å². The highest BCUT2D eigenvalue weighted by Crippen LogP contribution is 2.29. The predicted molar refractivity (Wildman–Crippen MR) is 97.9 cm³/mol. The van der Waals surface area contributed by atoms with Gasteiger partial charge in [0.15, 0.2) is 0 Å². The van der Waals surface area contributed by atoms with E-state index in [9.17, 15) is 0 Å². The Kier molecular flexibility index (Phi) is 10.0. The SMILES string of the molecule is CCCCCCCCCC(NCC)c1cccc(C)c1Br. The van der Waals surface area contributed by atoms with Crippen molar-refractivity contribution in [2.24, 2.45) is 0 Å². The molecule has 0 aliphatic rings. The molecule has 0 saturated carbocycles. The molecule has 0 aromatic heterocycles. The van der Waals surface area contributed by atoms with Crippen molar-refractivity contribution in [1.82, 2.24) is 5.32 Å². The van der Waals surface area contributed by atoms with Crippen LogP contribution in [0, 0.1) is 6.92 Å². The minimum atomic E-state index is 0.486. The van der Waals surface area contributed by atoms with Gasteiger partial charge in [0.25, 0.3) is 0 Å². The first-order valence-corrected chi connectivity index (χ1v) is 9.48. The third-order valence-corrected chi connectivity index (χ3v) is 5.23. The van der Waals surface area contributed by atoms with Crippen molar-refractivity contribution in [3.63, 3.8) is 0 Å². The zero-order chi connectivity index (χ0) is 15.5. The van der Waals surface area contributed by atoms with E-state index in [1.54, 1.807) is 0 Å². The van der Waals surface area contributed by atoms with Gasteiger partial charge in [-0.2, -0.15) is 0 Å². The minimum absolute atomic E-state index is 0.486. The van der Waals surface area contributed by atoms with E-state index >= 15 is 0 Å². The van der Waals surface area contributed by atoms with Gasteiger partial charge in [-0.3, -0.25) is 0 Å². The zero-order valence-corrected chi connectivity index (χ0v) is 15.6. The summed E-state index contributed by atoms with van der Waals surface area (Å²) in [4.78, 5) is 0. The van der Waals surface area contributed by atoms with Crippen molar-refractivity contribution in [3.8, 4) is 0 Å². The Morgan fingerprint density at radius 3 is 2.33 bits per heavy atom. The molecule has 0 amide bonds. The minimum Gasteiger partial charge on any atom is -0.310 e. The number of benzene rings is 1. The second kappa shape index (κ2) is 11.3. The van der Waals surface area contributed by atoms with E-state index in [0.717, 1.165) is 6.54 Å². The molecule has 1 unspecified atom stereocenters. The third kappa shape index (κ3) is 6.97. The van der Waals surface area contributed by atoms with Crippen LogP contribution in [0.4, 0.5) is 0 Å². The summed E-state index contributed by atoms with van der Waals surface area (Å²) < 4.78 is 1.28. The van der Waals surface area contributed by atoms with E-state index in [2.05, 4.69) is 60.2 Å². The van der Waals surface area contributed by atoms with Crippen molar-refractivity contribution in [3.05, 3.63) is 33.8 Å². The Morgan fingerprint density at radius 2 is 1.67 bits per heavy atom.